The van der Waals surface area contributed by atoms with Crippen LogP contribution in [-0.4, -0.2) is 67.1 Å². The van der Waals surface area contributed by atoms with Crippen molar-refractivity contribution in [1.29, 1.82) is 0 Å². The van der Waals surface area contributed by atoms with E-state index in [4.69, 9.17) is 28.7 Å². The van der Waals surface area contributed by atoms with E-state index in [-0.39, 0.29) is 11.6 Å². The second-order valence-corrected chi connectivity index (χ2v) is 11.0. The van der Waals surface area contributed by atoms with Crippen LogP contribution >= 0.6 is 0 Å². The number of carbonyl (C=O) groups is 1. The number of carbonyl (C=O) groups excluding carboxylic acids is 1. The molecule has 49 heavy (non-hydrogen) atoms. The van der Waals surface area contributed by atoms with E-state index in [1.807, 2.05) is 61.2 Å². The maximum absolute atomic E-state index is 12.9. The fourth-order valence-electron chi connectivity index (χ4n) is 5.20. The number of pyridine rings is 1. The first-order valence-corrected chi connectivity index (χ1v) is 15.1. The number of amidine groups is 1. The highest BCUT2D eigenvalue weighted by atomic mass is 19.1. The number of aliphatic imine (C=N–C) groups is 1. The Hall–Kier alpha value is -5.92. The molecule has 0 spiro atoms. The summed E-state index contributed by atoms with van der Waals surface area (Å²) in [6.07, 6.45) is 5.82. The molecular formula is C35H37FN6O7. The van der Waals surface area contributed by atoms with Gasteiger partial charge in [0.1, 0.15) is 40.0 Å². The van der Waals surface area contributed by atoms with Gasteiger partial charge in [0.25, 0.3) is 11.9 Å². The van der Waals surface area contributed by atoms with Crippen LogP contribution in [0.3, 0.4) is 0 Å². The first-order chi connectivity index (χ1) is 23.7. The molecule has 0 radical (unpaired) electrons. The number of rotatable bonds is 13. The van der Waals surface area contributed by atoms with Gasteiger partial charge < -0.3 is 38.6 Å². The second-order valence-electron chi connectivity index (χ2n) is 11.0. The van der Waals surface area contributed by atoms with Crippen molar-refractivity contribution in [2.75, 3.05) is 40.6 Å². The standard InChI is InChI=1S/C35H37FN6O7/c1-22-16-35(2,31-13-25(11-12-37-31)40-33(43)28-17-39-32(18-38-28)48-21-36)41-34(49-22)42(19-23-7-9-26(44-3)14-29(23)46-5)20-24-8-10-27(45-4)15-30(24)47-6/h7-18H,19-21H2,1-6H3,(H,37,40,43)/t35-/m0/s1. The van der Waals surface area contributed by atoms with Crippen LogP contribution in [0.25, 0.3) is 0 Å². The maximum atomic E-state index is 12.9. The highest BCUT2D eigenvalue weighted by Gasteiger charge is 2.33. The van der Waals surface area contributed by atoms with Crippen molar-refractivity contribution in [3.05, 3.63) is 101 Å². The Morgan fingerprint density at radius 3 is 2.08 bits per heavy atom. The lowest BCUT2D eigenvalue weighted by Gasteiger charge is -2.33. The summed E-state index contributed by atoms with van der Waals surface area (Å²) < 4.78 is 45.6. The van der Waals surface area contributed by atoms with E-state index in [1.165, 1.54) is 12.4 Å². The largest absolute Gasteiger partial charge is 0.497 e. The fraction of sp³-hybridized carbons (Fsp3) is 0.286. The van der Waals surface area contributed by atoms with Crippen LogP contribution in [0.1, 0.15) is 41.2 Å². The molecule has 0 fully saturated rings. The van der Waals surface area contributed by atoms with E-state index in [0.29, 0.717) is 59.2 Å². The van der Waals surface area contributed by atoms with Gasteiger partial charge in [-0.1, -0.05) is 0 Å². The van der Waals surface area contributed by atoms with E-state index in [9.17, 15) is 9.18 Å². The minimum atomic E-state index is -1.05. The summed E-state index contributed by atoms with van der Waals surface area (Å²) in [4.78, 5) is 32.5. The maximum Gasteiger partial charge on any atom is 0.294 e. The van der Waals surface area contributed by atoms with Gasteiger partial charge in [0, 0.05) is 35.1 Å². The zero-order valence-electron chi connectivity index (χ0n) is 28.0. The molecule has 1 amide bonds. The molecule has 13 nitrogen and oxygen atoms in total. The molecule has 14 heteroatoms. The van der Waals surface area contributed by atoms with Gasteiger partial charge in [-0.3, -0.25) is 9.78 Å². The van der Waals surface area contributed by atoms with Crippen LogP contribution in [0.15, 0.2) is 83.9 Å². The van der Waals surface area contributed by atoms with Crippen molar-refractivity contribution in [3.63, 3.8) is 0 Å². The Balaban J connectivity index is 1.49. The first-order valence-electron chi connectivity index (χ1n) is 15.1. The highest BCUT2D eigenvalue weighted by Crippen LogP contribution is 2.35. The lowest BCUT2D eigenvalue weighted by Crippen LogP contribution is -2.37. The van der Waals surface area contributed by atoms with Crippen LogP contribution in [0.5, 0.6) is 28.9 Å². The fourth-order valence-corrected chi connectivity index (χ4v) is 5.20. The lowest BCUT2D eigenvalue weighted by atomic mass is 9.95. The third kappa shape index (κ3) is 8.15. The molecule has 1 atom stereocenters. The number of alkyl halides is 1. The Morgan fingerprint density at radius 1 is 0.878 bits per heavy atom. The van der Waals surface area contributed by atoms with Crippen LogP contribution in [0, 0.1) is 0 Å². The molecule has 5 rings (SSSR count). The number of anilines is 1. The number of amides is 1. The Kier molecular flexibility index (Phi) is 10.8. The molecule has 2 aromatic carbocycles. The molecule has 1 N–H and O–H groups in total. The first kappa shape index (κ1) is 34.4. The SMILES string of the molecule is COc1ccc(CN(Cc2ccc(OC)cc2OC)C2=N[C@](C)(c3cc(NC(=O)c4cnc(OCF)cn4)ccn3)C=C(C)O2)c(OC)c1. The summed E-state index contributed by atoms with van der Waals surface area (Å²) in [6, 6.07) is 14.9. The van der Waals surface area contributed by atoms with E-state index < -0.39 is 18.3 Å². The highest BCUT2D eigenvalue weighted by molar-refractivity contribution is 6.02. The number of allylic oxidation sites excluding steroid dienone is 1. The predicted molar refractivity (Wildman–Crippen MR) is 179 cm³/mol. The minimum absolute atomic E-state index is 0.0245. The van der Waals surface area contributed by atoms with Crippen LogP contribution in [0.4, 0.5) is 10.1 Å². The van der Waals surface area contributed by atoms with Crippen LogP contribution in [0.2, 0.25) is 0 Å². The van der Waals surface area contributed by atoms with Gasteiger partial charge in [-0.2, -0.15) is 0 Å². The van der Waals surface area contributed by atoms with E-state index in [0.717, 1.165) is 11.1 Å². The number of nitrogens with one attached hydrogen (secondary N) is 1. The predicted octanol–water partition coefficient (Wildman–Crippen LogP) is 5.67. The smallest absolute Gasteiger partial charge is 0.294 e. The number of ether oxygens (including phenoxy) is 6. The van der Waals surface area contributed by atoms with Crippen molar-refractivity contribution in [2.24, 2.45) is 4.99 Å². The number of benzene rings is 2. The molecular weight excluding hydrogens is 635 g/mol. The second kappa shape index (κ2) is 15.3. The summed E-state index contributed by atoms with van der Waals surface area (Å²) in [6.45, 7) is 3.40. The van der Waals surface area contributed by atoms with Gasteiger partial charge in [-0.15, -0.1) is 0 Å². The van der Waals surface area contributed by atoms with E-state index in [1.54, 1.807) is 46.8 Å². The third-order valence-electron chi connectivity index (χ3n) is 7.65. The molecule has 0 unspecified atom stereocenters. The van der Waals surface area contributed by atoms with Gasteiger partial charge >= 0.3 is 0 Å². The minimum Gasteiger partial charge on any atom is -0.497 e. The number of nitrogens with zero attached hydrogens (tertiary/aromatic N) is 5. The van der Waals surface area contributed by atoms with Crippen molar-refractivity contribution in [3.8, 4) is 28.9 Å². The molecule has 1 aliphatic rings. The molecule has 0 saturated heterocycles. The molecule has 1 aliphatic heterocycles. The monoisotopic (exact) mass is 672 g/mol. The van der Waals surface area contributed by atoms with Crippen molar-refractivity contribution in [1.82, 2.24) is 19.9 Å². The summed E-state index contributed by atoms with van der Waals surface area (Å²) in [5.41, 5.74) is 1.77. The molecule has 0 aliphatic carbocycles. The molecule has 0 saturated carbocycles. The quantitative estimate of drug-likeness (QED) is 0.188. The summed E-state index contributed by atoms with van der Waals surface area (Å²) in [7, 11) is 6.41. The topological polar surface area (TPSA) is 139 Å². The number of methoxy groups -OCH3 is 4. The molecule has 2 aromatic heterocycles. The zero-order valence-corrected chi connectivity index (χ0v) is 28.0. The Bertz CT molecular complexity index is 1800. The number of aromatic nitrogens is 3. The zero-order chi connectivity index (χ0) is 35.0. The van der Waals surface area contributed by atoms with Crippen molar-refractivity contribution in [2.45, 2.75) is 32.5 Å². The van der Waals surface area contributed by atoms with Gasteiger partial charge in [0.05, 0.1) is 59.6 Å². The van der Waals surface area contributed by atoms with Gasteiger partial charge in [-0.05, 0) is 56.3 Å². The number of hydrogen-bond donors (Lipinski definition) is 1. The van der Waals surface area contributed by atoms with Crippen LogP contribution in [-0.2, 0) is 23.4 Å². The summed E-state index contributed by atoms with van der Waals surface area (Å²) >= 11 is 0. The Labute approximate surface area is 283 Å². The van der Waals surface area contributed by atoms with Crippen molar-refractivity contribution >= 4 is 17.6 Å². The number of hydrogen-bond acceptors (Lipinski definition) is 12. The molecule has 4 aromatic rings. The summed E-state index contributed by atoms with van der Waals surface area (Å²) in [5.74, 6) is 2.65. The van der Waals surface area contributed by atoms with E-state index >= 15 is 0 Å². The van der Waals surface area contributed by atoms with Gasteiger partial charge in [0.2, 0.25) is 12.7 Å². The molecule has 0 bridgehead atoms. The third-order valence-corrected chi connectivity index (χ3v) is 7.65. The average molecular weight is 673 g/mol. The van der Waals surface area contributed by atoms with Crippen LogP contribution < -0.4 is 29.0 Å². The van der Waals surface area contributed by atoms with E-state index in [2.05, 4.69) is 25.0 Å². The molecule has 256 valence electrons. The van der Waals surface area contributed by atoms with Gasteiger partial charge in [-0.25, -0.2) is 19.4 Å². The van der Waals surface area contributed by atoms with Crippen molar-refractivity contribution < 1.29 is 37.6 Å². The summed E-state index contributed by atoms with van der Waals surface area (Å²) in [5, 5.41) is 2.81. The van der Waals surface area contributed by atoms with Gasteiger partial charge in [0.15, 0.2) is 0 Å². The lowest BCUT2D eigenvalue weighted by molar-refractivity contribution is 0.102. The Morgan fingerprint density at radius 2 is 1.53 bits per heavy atom. The average Bonchev–Trinajstić information content (AvgIpc) is 3.11. The molecule has 3 heterocycles. The number of halogens is 1. The normalized spacial score (nSPS) is 15.2.